The van der Waals surface area contributed by atoms with Crippen molar-refractivity contribution in [2.45, 2.75) is 34.1 Å². The van der Waals surface area contributed by atoms with Gasteiger partial charge in [0.1, 0.15) is 0 Å². The highest BCUT2D eigenvalue weighted by atomic mass is 14.7. The lowest BCUT2D eigenvalue weighted by Crippen LogP contribution is -1.81. The third-order valence-electron chi connectivity index (χ3n) is 4.08. The van der Waals surface area contributed by atoms with Crippen LogP contribution in [0.5, 0.6) is 0 Å². The molecule has 0 spiro atoms. The van der Waals surface area contributed by atoms with Crippen LogP contribution in [-0.2, 0) is 0 Å². The van der Waals surface area contributed by atoms with E-state index in [9.17, 15) is 0 Å². The molecule has 2 aromatic rings. The van der Waals surface area contributed by atoms with E-state index in [0.29, 0.717) is 0 Å². The quantitative estimate of drug-likeness (QED) is 0.590. The van der Waals surface area contributed by atoms with Gasteiger partial charge in [-0.2, -0.15) is 0 Å². The lowest BCUT2D eigenvalue weighted by Gasteiger charge is -1.99. The Labute approximate surface area is 150 Å². The maximum atomic E-state index is 4.61. The van der Waals surface area contributed by atoms with Gasteiger partial charge < -0.3 is 0 Å². The molecule has 0 unspecified atom stereocenters. The summed E-state index contributed by atoms with van der Waals surface area (Å²) >= 11 is 0. The Kier molecular flexibility index (Phi) is 5.08. The van der Waals surface area contributed by atoms with Crippen LogP contribution in [0.1, 0.15) is 28.7 Å². The Morgan fingerprint density at radius 3 is 1.68 bits per heavy atom. The van der Waals surface area contributed by atoms with E-state index in [1.54, 1.807) is 0 Å². The summed E-state index contributed by atoms with van der Waals surface area (Å²) in [5.41, 5.74) is 9.33. The van der Waals surface area contributed by atoms with E-state index in [1.807, 2.05) is 12.4 Å². The number of allylic oxidation sites excluding steroid dienone is 4. The molecule has 2 nitrogen and oxygen atoms in total. The second-order valence-corrected chi connectivity index (χ2v) is 6.84. The van der Waals surface area contributed by atoms with Crippen LogP contribution < -0.4 is 0 Å². The fourth-order valence-corrected chi connectivity index (χ4v) is 3.10. The first-order valence-electron chi connectivity index (χ1n) is 8.63. The summed E-state index contributed by atoms with van der Waals surface area (Å²) in [6, 6.07) is 12.7. The van der Waals surface area contributed by atoms with Gasteiger partial charge in [0.15, 0.2) is 0 Å². The first-order valence-corrected chi connectivity index (χ1v) is 8.63. The van der Waals surface area contributed by atoms with Crippen molar-refractivity contribution in [3.05, 3.63) is 82.0 Å². The predicted molar refractivity (Wildman–Crippen MR) is 109 cm³/mol. The Balaban J connectivity index is 1.69. The molecule has 25 heavy (non-hydrogen) atoms. The number of benzene rings is 2. The van der Waals surface area contributed by atoms with Gasteiger partial charge in [-0.1, -0.05) is 18.2 Å². The molecule has 3 rings (SSSR count). The van der Waals surface area contributed by atoms with Gasteiger partial charge in [-0.15, -0.1) is 0 Å². The molecule has 0 amide bonds. The van der Waals surface area contributed by atoms with Crippen molar-refractivity contribution >= 4 is 23.8 Å². The minimum atomic E-state index is 0.905. The SMILES string of the molecule is Cc1cc(C)cc(N=CC2=CCC(C=Nc3cc(C)cc(C)c3)=C2)c1. The third-order valence-corrected chi connectivity index (χ3v) is 4.08. The molecule has 0 fully saturated rings. The second-order valence-electron chi connectivity index (χ2n) is 6.84. The lowest BCUT2D eigenvalue weighted by molar-refractivity contribution is 1.34. The third kappa shape index (κ3) is 4.87. The monoisotopic (exact) mass is 328 g/mol. The molecular formula is C23H24N2. The molecule has 0 atom stereocenters. The minimum Gasteiger partial charge on any atom is -0.257 e. The summed E-state index contributed by atoms with van der Waals surface area (Å²) in [6.45, 7) is 8.40. The summed E-state index contributed by atoms with van der Waals surface area (Å²) in [5.74, 6) is 0. The molecule has 1 aliphatic rings. The van der Waals surface area contributed by atoms with E-state index in [1.165, 1.54) is 27.8 Å². The zero-order valence-electron chi connectivity index (χ0n) is 15.4. The Hall–Kier alpha value is -2.74. The summed E-state index contributed by atoms with van der Waals surface area (Å²) in [7, 11) is 0. The van der Waals surface area contributed by atoms with Crippen LogP contribution in [0.25, 0.3) is 0 Å². The predicted octanol–water partition coefficient (Wildman–Crippen LogP) is 6.28. The van der Waals surface area contributed by atoms with Crippen molar-refractivity contribution in [2.75, 3.05) is 0 Å². The molecule has 0 saturated carbocycles. The van der Waals surface area contributed by atoms with Crippen LogP contribution >= 0.6 is 0 Å². The van der Waals surface area contributed by atoms with Gasteiger partial charge >= 0.3 is 0 Å². The first kappa shape index (κ1) is 17.1. The van der Waals surface area contributed by atoms with Crippen LogP contribution in [0.3, 0.4) is 0 Å². The molecular weight excluding hydrogens is 304 g/mol. The van der Waals surface area contributed by atoms with E-state index >= 15 is 0 Å². The topological polar surface area (TPSA) is 24.7 Å². The van der Waals surface area contributed by atoms with E-state index in [2.05, 4.69) is 86.2 Å². The van der Waals surface area contributed by atoms with Gasteiger partial charge in [-0.3, -0.25) is 9.98 Å². The smallest absolute Gasteiger partial charge is 0.0635 e. The molecule has 0 bridgehead atoms. The minimum absolute atomic E-state index is 0.905. The summed E-state index contributed by atoms with van der Waals surface area (Å²) in [6.07, 6.45) is 9.14. The fraction of sp³-hybridized carbons (Fsp3) is 0.217. The van der Waals surface area contributed by atoms with Crippen molar-refractivity contribution in [1.29, 1.82) is 0 Å². The summed E-state index contributed by atoms with van der Waals surface area (Å²) in [5, 5.41) is 0. The van der Waals surface area contributed by atoms with Gasteiger partial charge in [0.2, 0.25) is 0 Å². The van der Waals surface area contributed by atoms with Gasteiger partial charge in [0, 0.05) is 12.4 Å². The normalized spacial score (nSPS) is 14.4. The van der Waals surface area contributed by atoms with Crippen LogP contribution in [0.15, 0.2) is 69.7 Å². The molecule has 0 aliphatic heterocycles. The Morgan fingerprint density at radius 1 is 0.680 bits per heavy atom. The lowest BCUT2D eigenvalue weighted by atomic mass is 10.1. The van der Waals surface area contributed by atoms with E-state index in [4.69, 9.17) is 0 Å². The van der Waals surface area contributed by atoms with Crippen LogP contribution in [-0.4, -0.2) is 12.4 Å². The van der Waals surface area contributed by atoms with Gasteiger partial charge in [0.25, 0.3) is 0 Å². The number of aliphatic imine (C=N–C) groups is 2. The van der Waals surface area contributed by atoms with Crippen molar-refractivity contribution in [3.63, 3.8) is 0 Å². The average molecular weight is 328 g/mol. The van der Waals surface area contributed by atoms with Crippen molar-refractivity contribution in [2.24, 2.45) is 9.98 Å². The first-order chi connectivity index (χ1) is 12.0. The molecule has 1 aliphatic carbocycles. The van der Waals surface area contributed by atoms with Gasteiger partial charge in [0.05, 0.1) is 11.4 Å². The molecule has 0 saturated heterocycles. The van der Waals surface area contributed by atoms with Crippen LogP contribution in [0.2, 0.25) is 0 Å². The molecule has 0 N–H and O–H groups in total. The average Bonchev–Trinajstić information content (AvgIpc) is 2.97. The molecule has 2 heteroatoms. The van der Waals surface area contributed by atoms with Crippen LogP contribution in [0.4, 0.5) is 11.4 Å². The maximum Gasteiger partial charge on any atom is 0.0635 e. The van der Waals surface area contributed by atoms with E-state index < -0.39 is 0 Å². The molecule has 0 heterocycles. The second kappa shape index (κ2) is 7.43. The van der Waals surface area contributed by atoms with Crippen molar-refractivity contribution in [3.8, 4) is 0 Å². The van der Waals surface area contributed by atoms with Crippen molar-refractivity contribution in [1.82, 2.24) is 0 Å². The Bertz CT molecular complexity index is 871. The standard InChI is InChI=1S/C23H24N2/c1-16-7-17(2)10-22(9-16)24-14-20-5-6-21(13-20)15-25-23-11-18(3)8-19(4)12-23/h5,7-15H,6H2,1-4H3. The van der Waals surface area contributed by atoms with E-state index in [0.717, 1.165) is 23.4 Å². The zero-order chi connectivity index (χ0) is 17.8. The largest absolute Gasteiger partial charge is 0.257 e. The Morgan fingerprint density at radius 2 is 1.16 bits per heavy atom. The molecule has 0 aromatic heterocycles. The van der Waals surface area contributed by atoms with Gasteiger partial charge in [-0.25, -0.2) is 0 Å². The maximum absolute atomic E-state index is 4.61. The van der Waals surface area contributed by atoms with Crippen molar-refractivity contribution < 1.29 is 0 Å². The van der Waals surface area contributed by atoms with E-state index in [-0.39, 0.29) is 0 Å². The fourth-order valence-electron chi connectivity index (χ4n) is 3.10. The number of rotatable bonds is 4. The van der Waals surface area contributed by atoms with Crippen LogP contribution in [0, 0.1) is 27.7 Å². The molecule has 2 aromatic carbocycles. The molecule has 126 valence electrons. The number of hydrogen-bond donors (Lipinski definition) is 0. The summed E-state index contributed by atoms with van der Waals surface area (Å²) < 4.78 is 0. The molecule has 0 radical (unpaired) electrons. The highest BCUT2D eigenvalue weighted by Gasteiger charge is 2.03. The zero-order valence-corrected chi connectivity index (χ0v) is 15.4. The number of nitrogens with zero attached hydrogens (tertiary/aromatic N) is 2. The summed E-state index contributed by atoms with van der Waals surface area (Å²) in [4.78, 5) is 9.22. The van der Waals surface area contributed by atoms with Gasteiger partial charge in [-0.05, 0) is 97.9 Å². The highest BCUT2D eigenvalue weighted by Crippen LogP contribution is 2.21. The highest BCUT2D eigenvalue weighted by molar-refractivity contribution is 5.92. The number of aryl methyl sites for hydroxylation is 4. The number of hydrogen-bond acceptors (Lipinski definition) is 2.